The molecule has 0 spiro atoms. The van der Waals surface area contributed by atoms with Gasteiger partial charge in [0.05, 0.1) is 5.02 Å². The average molecular weight is 329 g/mol. The van der Waals surface area contributed by atoms with E-state index in [9.17, 15) is 8.42 Å². The summed E-state index contributed by atoms with van der Waals surface area (Å²) in [7, 11) is -3.47. The van der Waals surface area contributed by atoms with Gasteiger partial charge in [0.2, 0.25) is 10.0 Å². The zero-order valence-electron chi connectivity index (χ0n) is 12.2. The van der Waals surface area contributed by atoms with Gasteiger partial charge in [0.15, 0.2) is 0 Å². The van der Waals surface area contributed by atoms with Crippen LogP contribution in [-0.2, 0) is 16.6 Å². The Bertz CT molecular complexity index is 633. The number of sulfonamides is 1. The number of nitrogens with zero attached hydrogens (tertiary/aromatic N) is 1. The fraction of sp³-hybridized carbons (Fsp3) is 0.600. The highest BCUT2D eigenvalue weighted by Gasteiger charge is 2.44. The molecule has 1 saturated carbocycles. The van der Waals surface area contributed by atoms with Crippen LogP contribution in [-0.4, -0.2) is 31.9 Å². The Labute approximate surface area is 131 Å². The molecule has 2 fully saturated rings. The second kappa shape index (κ2) is 5.88. The minimum absolute atomic E-state index is 0.175. The third-order valence-electron chi connectivity index (χ3n) is 4.52. The Kier molecular flexibility index (Phi) is 4.28. The number of nitrogens with one attached hydrogen (secondary N) is 1. The lowest BCUT2D eigenvalue weighted by atomic mass is 10.1. The van der Waals surface area contributed by atoms with Crippen molar-refractivity contribution in [2.24, 2.45) is 5.92 Å². The minimum Gasteiger partial charge on any atom is -0.313 e. The van der Waals surface area contributed by atoms with Crippen molar-refractivity contribution < 1.29 is 8.42 Å². The number of rotatable bonds is 5. The quantitative estimate of drug-likeness (QED) is 0.904. The zero-order chi connectivity index (χ0) is 15.0. The van der Waals surface area contributed by atoms with Gasteiger partial charge in [-0.05, 0) is 49.4 Å². The maximum Gasteiger partial charge on any atom is 0.244 e. The molecule has 2 bridgehead atoms. The number of piperidine rings is 1. The highest BCUT2D eigenvalue weighted by atomic mass is 35.5. The Morgan fingerprint density at radius 1 is 1.38 bits per heavy atom. The maximum atomic E-state index is 12.9. The number of hydrogen-bond acceptors (Lipinski definition) is 3. The molecule has 1 aliphatic heterocycles. The van der Waals surface area contributed by atoms with Crippen LogP contribution in [0, 0.1) is 5.92 Å². The SMILES string of the molecule is CCNCc1ccc(Cl)c(S(=O)(=O)N2CC3CCC2C3)c1. The van der Waals surface area contributed by atoms with Crippen LogP contribution in [0.4, 0.5) is 0 Å². The lowest BCUT2D eigenvalue weighted by Crippen LogP contribution is -2.37. The van der Waals surface area contributed by atoms with Crippen LogP contribution in [0.15, 0.2) is 23.1 Å². The summed E-state index contributed by atoms with van der Waals surface area (Å²) in [5, 5.41) is 3.53. The van der Waals surface area contributed by atoms with Gasteiger partial charge in [-0.25, -0.2) is 8.42 Å². The molecule has 0 aromatic heterocycles. The van der Waals surface area contributed by atoms with Crippen molar-refractivity contribution in [2.75, 3.05) is 13.1 Å². The van der Waals surface area contributed by atoms with Crippen molar-refractivity contribution in [3.05, 3.63) is 28.8 Å². The lowest BCUT2D eigenvalue weighted by molar-refractivity contribution is 0.333. The molecule has 2 atom stereocenters. The fourth-order valence-electron chi connectivity index (χ4n) is 3.42. The van der Waals surface area contributed by atoms with Gasteiger partial charge in [-0.15, -0.1) is 0 Å². The first kappa shape index (κ1) is 15.3. The molecule has 21 heavy (non-hydrogen) atoms. The summed E-state index contributed by atoms with van der Waals surface area (Å²) in [5.74, 6) is 0.536. The van der Waals surface area contributed by atoms with Gasteiger partial charge in [0.1, 0.15) is 4.90 Å². The van der Waals surface area contributed by atoms with E-state index in [0.29, 0.717) is 24.0 Å². The Balaban J connectivity index is 1.91. The highest BCUT2D eigenvalue weighted by molar-refractivity contribution is 7.89. The summed E-state index contributed by atoms with van der Waals surface area (Å²) in [5.41, 5.74) is 0.948. The summed E-state index contributed by atoms with van der Waals surface area (Å²) < 4.78 is 27.5. The van der Waals surface area contributed by atoms with Crippen LogP contribution in [0.25, 0.3) is 0 Å². The third kappa shape index (κ3) is 2.84. The van der Waals surface area contributed by atoms with Gasteiger partial charge in [0, 0.05) is 19.1 Å². The molecular formula is C15H21ClN2O2S. The van der Waals surface area contributed by atoms with Gasteiger partial charge < -0.3 is 5.32 Å². The van der Waals surface area contributed by atoms with E-state index >= 15 is 0 Å². The van der Waals surface area contributed by atoms with E-state index in [2.05, 4.69) is 5.32 Å². The molecule has 1 aromatic rings. The molecule has 1 heterocycles. The first-order valence-electron chi connectivity index (χ1n) is 7.53. The Morgan fingerprint density at radius 2 is 2.19 bits per heavy atom. The van der Waals surface area contributed by atoms with Crippen molar-refractivity contribution in [1.29, 1.82) is 0 Å². The number of fused-ring (bicyclic) bond motifs is 2. The van der Waals surface area contributed by atoms with Crippen LogP contribution in [0.5, 0.6) is 0 Å². The van der Waals surface area contributed by atoms with Gasteiger partial charge >= 0.3 is 0 Å². The van der Waals surface area contributed by atoms with Crippen molar-refractivity contribution in [3.63, 3.8) is 0 Å². The molecule has 3 rings (SSSR count). The molecule has 6 heteroatoms. The van der Waals surface area contributed by atoms with Crippen molar-refractivity contribution in [1.82, 2.24) is 9.62 Å². The molecule has 116 valence electrons. The second-order valence-corrected chi connectivity index (χ2v) is 8.22. The van der Waals surface area contributed by atoms with E-state index in [1.807, 2.05) is 13.0 Å². The van der Waals surface area contributed by atoms with Crippen LogP contribution in [0.3, 0.4) is 0 Å². The lowest BCUT2D eigenvalue weighted by Gasteiger charge is -2.26. The monoisotopic (exact) mass is 328 g/mol. The smallest absolute Gasteiger partial charge is 0.244 e. The first-order valence-corrected chi connectivity index (χ1v) is 9.35. The third-order valence-corrected chi connectivity index (χ3v) is 6.92. The van der Waals surface area contributed by atoms with Crippen LogP contribution in [0.1, 0.15) is 31.7 Å². The van der Waals surface area contributed by atoms with Crippen LogP contribution < -0.4 is 5.32 Å². The van der Waals surface area contributed by atoms with Crippen LogP contribution >= 0.6 is 11.6 Å². The maximum absolute atomic E-state index is 12.9. The van der Waals surface area contributed by atoms with E-state index in [0.717, 1.165) is 31.4 Å². The average Bonchev–Trinajstić information content (AvgIpc) is 3.09. The molecule has 2 unspecified atom stereocenters. The van der Waals surface area contributed by atoms with Crippen molar-refractivity contribution >= 4 is 21.6 Å². The molecule has 0 radical (unpaired) electrons. The largest absolute Gasteiger partial charge is 0.313 e. The van der Waals surface area contributed by atoms with E-state index in [1.165, 1.54) is 0 Å². The van der Waals surface area contributed by atoms with Gasteiger partial charge in [-0.1, -0.05) is 24.6 Å². The van der Waals surface area contributed by atoms with E-state index in [1.54, 1.807) is 16.4 Å². The predicted molar refractivity (Wildman–Crippen MR) is 83.9 cm³/mol. The standard InChI is InChI=1S/C15H21ClN2O2S/c1-2-17-9-11-4-6-14(16)15(8-11)21(19,20)18-10-12-3-5-13(18)7-12/h4,6,8,12-13,17H,2-3,5,7,9-10H2,1H3. The summed E-state index contributed by atoms with van der Waals surface area (Å²) in [6, 6.07) is 5.45. The van der Waals surface area contributed by atoms with Gasteiger partial charge in [0.25, 0.3) is 0 Å². The zero-order valence-corrected chi connectivity index (χ0v) is 13.8. The van der Waals surface area contributed by atoms with Gasteiger partial charge in [-0.2, -0.15) is 4.31 Å². The molecule has 1 aliphatic carbocycles. The molecule has 1 aromatic carbocycles. The minimum atomic E-state index is -3.47. The molecule has 0 amide bonds. The van der Waals surface area contributed by atoms with Crippen molar-refractivity contribution in [2.45, 2.75) is 43.7 Å². The Hall–Kier alpha value is -0.620. The highest BCUT2D eigenvalue weighted by Crippen LogP contribution is 2.41. The molecule has 4 nitrogen and oxygen atoms in total. The summed E-state index contributed by atoms with van der Waals surface area (Å²) in [4.78, 5) is 0.257. The second-order valence-electron chi connectivity index (χ2n) is 5.95. The first-order chi connectivity index (χ1) is 10.0. The van der Waals surface area contributed by atoms with E-state index < -0.39 is 10.0 Å². The summed E-state index contributed by atoms with van der Waals surface area (Å²) >= 11 is 6.17. The number of hydrogen-bond donors (Lipinski definition) is 1. The predicted octanol–water partition coefficient (Wildman–Crippen LogP) is 2.62. The molecular weight excluding hydrogens is 308 g/mol. The summed E-state index contributed by atoms with van der Waals surface area (Å²) in [6.45, 7) is 4.18. The number of benzene rings is 1. The van der Waals surface area contributed by atoms with E-state index in [4.69, 9.17) is 11.6 Å². The van der Waals surface area contributed by atoms with Crippen LogP contribution in [0.2, 0.25) is 5.02 Å². The normalized spacial score (nSPS) is 25.6. The van der Waals surface area contributed by atoms with Crippen molar-refractivity contribution in [3.8, 4) is 0 Å². The fourth-order valence-corrected chi connectivity index (χ4v) is 5.69. The summed E-state index contributed by atoms with van der Waals surface area (Å²) in [6.07, 6.45) is 3.15. The molecule has 1 saturated heterocycles. The topological polar surface area (TPSA) is 49.4 Å². The van der Waals surface area contributed by atoms with E-state index in [-0.39, 0.29) is 10.9 Å². The molecule has 2 aliphatic rings. The Morgan fingerprint density at radius 3 is 2.81 bits per heavy atom. The molecule has 1 N–H and O–H groups in total. The number of halogens is 1. The van der Waals surface area contributed by atoms with Gasteiger partial charge in [-0.3, -0.25) is 0 Å².